The zero-order chi connectivity index (χ0) is 14.5. The van der Waals surface area contributed by atoms with Gasteiger partial charge in [-0.15, -0.1) is 0 Å². The van der Waals surface area contributed by atoms with Crippen LogP contribution < -0.4 is 9.80 Å². The number of amides is 1. The molecule has 2 aliphatic rings. The Hall–Kier alpha value is -1.65. The maximum atomic E-state index is 12.9. The molecule has 0 N–H and O–H groups in total. The van der Waals surface area contributed by atoms with Crippen molar-refractivity contribution in [3.63, 3.8) is 0 Å². The molecule has 0 spiro atoms. The lowest BCUT2D eigenvalue weighted by Gasteiger charge is -2.47. The maximum Gasteiger partial charge on any atom is 0.252 e. The number of anilines is 2. The molecule has 0 radical (unpaired) electrons. The molecule has 108 valence electrons. The molecule has 1 saturated heterocycles. The standard InChI is InChI=1S/C15H22N4O/c1-5-11-7-8-15(6-2)14(20)18(4)12-9-16-10(3)17-13(12)19(11)15/h9,11H,5-8H2,1-4H3/t11-,15+/m1/s1. The Balaban J connectivity index is 2.23. The number of carbonyl (C=O) groups is 1. The molecule has 5 heteroatoms. The number of hydrogen-bond acceptors (Lipinski definition) is 4. The van der Waals surface area contributed by atoms with Crippen LogP contribution in [-0.2, 0) is 4.79 Å². The van der Waals surface area contributed by atoms with Crippen LogP contribution in [0.1, 0.15) is 45.4 Å². The number of carbonyl (C=O) groups excluding carboxylic acids is 1. The summed E-state index contributed by atoms with van der Waals surface area (Å²) >= 11 is 0. The monoisotopic (exact) mass is 274 g/mol. The SMILES string of the molecule is CC[C@@H]1CC[C@@]2(CC)C(=O)N(C)c3cnc(C)nc3N12. The van der Waals surface area contributed by atoms with Gasteiger partial charge in [-0.2, -0.15) is 0 Å². The van der Waals surface area contributed by atoms with Gasteiger partial charge < -0.3 is 9.80 Å². The van der Waals surface area contributed by atoms with E-state index >= 15 is 0 Å². The number of aryl methyl sites for hydroxylation is 1. The molecule has 1 amide bonds. The van der Waals surface area contributed by atoms with E-state index in [-0.39, 0.29) is 5.91 Å². The Morgan fingerprint density at radius 1 is 1.45 bits per heavy atom. The van der Waals surface area contributed by atoms with Gasteiger partial charge in [-0.3, -0.25) is 4.79 Å². The number of hydrogen-bond donors (Lipinski definition) is 0. The van der Waals surface area contributed by atoms with Gasteiger partial charge in [-0.1, -0.05) is 13.8 Å². The fourth-order valence-corrected chi connectivity index (χ4v) is 3.76. The van der Waals surface area contributed by atoms with Crippen molar-refractivity contribution in [3.8, 4) is 0 Å². The summed E-state index contributed by atoms with van der Waals surface area (Å²) in [4.78, 5) is 25.8. The fourth-order valence-electron chi connectivity index (χ4n) is 3.76. The lowest BCUT2D eigenvalue weighted by Crippen LogP contribution is -2.61. The van der Waals surface area contributed by atoms with Crippen molar-refractivity contribution in [2.24, 2.45) is 0 Å². The first kappa shape index (κ1) is 13.3. The first-order chi connectivity index (χ1) is 9.55. The van der Waals surface area contributed by atoms with Gasteiger partial charge in [0.1, 0.15) is 17.1 Å². The molecule has 2 atom stereocenters. The normalized spacial score (nSPS) is 28.6. The molecule has 5 nitrogen and oxygen atoms in total. The van der Waals surface area contributed by atoms with Gasteiger partial charge in [0.2, 0.25) is 0 Å². The highest BCUT2D eigenvalue weighted by Gasteiger charge is 2.55. The predicted molar refractivity (Wildman–Crippen MR) is 79.0 cm³/mol. The summed E-state index contributed by atoms with van der Waals surface area (Å²) in [6, 6.07) is 0.403. The van der Waals surface area contributed by atoms with Crippen LogP contribution in [0.25, 0.3) is 0 Å². The second-order valence-electron chi connectivity index (χ2n) is 5.85. The molecule has 0 aromatic carbocycles. The van der Waals surface area contributed by atoms with Gasteiger partial charge in [-0.05, 0) is 32.6 Å². The van der Waals surface area contributed by atoms with Crippen LogP contribution in [0.4, 0.5) is 11.5 Å². The van der Waals surface area contributed by atoms with Crippen molar-refractivity contribution in [2.75, 3.05) is 16.8 Å². The van der Waals surface area contributed by atoms with Crippen LogP contribution in [0.3, 0.4) is 0 Å². The minimum Gasteiger partial charge on any atom is -0.337 e. The van der Waals surface area contributed by atoms with Gasteiger partial charge in [-0.25, -0.2) is 9.97 Å². The molecular weight excluding hydrogens is 252 g/mol. The number of fused-ring (bicyclic) bond motifs is 3. The lowest BCUT2D eigenvalue weighted by atomic mass is 9.89. The van der Waals surface area contributed by atoms with Crippen molar-refractivity contribution in [1.82, 2.24) is 9.97 Å². The maximum absolute atomic E-state index is 12.9. The molecule has 0 aliphatic carbocycles. The van der Waals surface area contributed by atoms with Crippen LogP contribution in [0.5, 0.6) is 0 Å². The van der Waals surface area contributed by atoms with E-state index < -0.39 is 5.54 Å². The molecule has 3 rings (SSSR count). The van der Waals surface area contributed by atoms with E-state index in [9.17, 15) is 4.79 Å². The molecule has 0 unspecified atom stereocenters. The van der Waals surface area contributed by atoms with E-state index in [1.54, 1.807) is 11.1 Å². The van der Waals surface area contributed by atoms with Gasteiger partial charge in [0, 0.05) is 13.1 Å². The molecular formula is C15H22N4O. The Morgan fingerprint density at radius 3 is 2.85 bits per heavy atom. The van der Waals surface area contributed by atoms with Crippen molar-refractivity contribution in [1.29, 1.82) is 0 Å². The molecule has 1 aromatic rings. The van der Waals surface area contributed by atoms with Gasteiger partial charge >= 0.3 is 0 Å². The van der Waals surface area contributed by atoms with Crippen molar-refractivity contribution in [2.45, 2.75) is 58.0 Å². The summed E-state index contributed by atoms with van der Waals surface area (Å²) in [6.07, 6.45) is 5.64. The van der Waals surface area contributed by atoms with Gasteiger partial charge in [0.05, 0.1) is 6.20 Å². The van der Waals surface area contributed by atoms with E-state index in [0.717, 1.165) is 43.0 Å². The van der Waals surface area contributed by atoms with Gasteiger partial charge in [0.25, 0.3) is 5.91 Å². The van der Waals surface area contributed by atoms with Crippen molar-refractivity contribution < 1.29 is 4.79 Å². The van der Waals surface area contributed by atoms with E-state index in [1.165, 1.54) is 0 Å². The van der Waals surface area contributed by atoms with Crippen molar-refractivity contribution >= 4 is 17.4 Å². The van der Waals surface area contributed by atoms with Crippen LogP contribution in [0.2, 0.25) is 0 Å². The average molecular weight is 274 g/mol. The zero-order valence-electron chi connectivity index (χ0n) is 12.7. The summed E-state index contributed by atoms with van der Waals surface area (Å²) in [7, 11) is 1.84. The van der Waals surface area contributed by atoms with E-state index in [1.807, 2.05) is 14.0 Å². The highest BCUT2D eigenvalue weighted by molar-refractivity contribution is 6.07. The average Bonchev–Trinajstić information content (AvgIpc) is 2.84. The van der Waals surface area contributed by atoms with Crippen molar-refractivity contribution in [3.05, 3.63) is 12.0 Å². The van der Waals surface area contributed by atoms with Crippen LogP contribution in [0, 0.1) is 6.92 Å². The predicted octanol–water partition coefficient (Wildman–Crippen LogP) is 2.29. The van der Waals surface area contributed by atoms with Crippen LogP contribution in [0.15, 0.2) is 6.20 Å². The summed E-state index contributed by atoms with van der Waals surface area (Å²) in [5.74, 6) is 1.89. The Morgan fingerprint density at radius 2 is 2.20 bits per heavy atom. The largest absolute Gasteiger partial charge is 0.337 e. The second kappa shape index (κ2) is 4.43. The molecule has 20 heavy (non-hydrogen) atoms. The Labute approximate surface area is 120 Å². The molecule has 0 saturated carbocycles. The minimum absolute atomic E-state index is 0.191. The number of rotatable bonds is 2. The smallest absolute Gasteiger partial charge is 0.252 e. The minimum atomic E-state index is -0.400. The van der Waals surface area contributed by atoms with Gasteiger partial charge in [0.15, 0.2) is 5.82 Å². The molecule has 0 bridgehead atoms. The third kappa shape index (κ3) is 1.52. The quantitative estimate of drug-likeness (QED) is 0.830. The molecule has 2 aliphatic heterocycles. The Kier molecular flexibility index (Phi) is 2.96. The lowest BCUT2D eigenvalue weighted by molar-refractivity contribution is -0.123. The molecule has 1 aromatic heterocycles. The van der Waals surface area contributed by atoms with E-state index in [0.29, 0.717) is 6.04 Å². The summed E-state index contributed by atoms with van der Waals surface area (Å²) in [5, 5.41) is 0. The fraction of sp³-hybridized carbons (Fsp3) is 0.667. The second-order valence-corrected chi connectivity index (χ2v) is 5.85. The number of likely N-dealkylation sites (N-methyl/N-ethyl adjacent to an activating group) is 1. The molecule has 3 heterocycles. The van der Waals surface area contributed by atoms with Crippen LogP contribution in [-0.4, -0.2) is 34.5 Å². The Bertz CT molecular complexity index is 559. The highest BCUT2D eigenvalue weighted by atomic mass is 16.2. The van der Waals surface area contributed by atoms with E-state index in [2.05, 4.69) is 28.7 Å². The summed E-state index contributed by atoms with van der Waals surface area (Å²) < 4.78 is 0. The van der Waals surface area contributed by atoms with Crippen LogP contribution >= 0.6 is 0 Å². The highest BCUT2D eigenvalue weighted by Crippen LogP contribution is 2.48. The van der Waals surface area contributed by atoms with E-state index in [4.69, 9.17) is 0 Å². The third-order valence-electron chi connectivity index (χ3n) is 4.94. The number of aromatic nitrogens is 2. The molecule has 1 fully saturated rings. The summed E-state index contributed by atoms with van der Waals surface area (Å²) in [5.41, 5.74) is 0.438. The first-order valence-corrected chi connectivity index (χ1v) is 7.46. The topological polar surface area (TPSA) is 49.3 Å². The zero-order valence-corrected chi connectivity index (χ0v) is 12.7. The summed E-state index contributed by atoms with van der Waals surface area (Å²) in [6.45, 7) is 6.20. The third-order valence-corrected chi connectivity index (χ3v) is 4.94. The number of nitrogens with zero attached hydrogens (tertiary/aromatic N) is 4. The first-order valence-electron chi connectivity index (χ1n) is 7.46.